The Kier molecular flexibility index (Phi) is 5.25. The van der Waals surface area contributed by atoms with Gasteiger partial charge in [0, 0.05) is 19.0 Å². The molecule has 0 fully saturated rings. The van der Waals surface area contributed by atoms with Crippen LogP contribution in [0.3, 0.4) is 0 Å². The summed E-state index contributed by atoms with van der Waals surface area (Å²) in [5.74, 6) is 0.473. The number of hydrogen-bond acceptors (Lipinski definition) is 2. The molecule has 1 aromatic carbocycles. The predicted molar refractivity (Wildman–Crippen MR) is 66.2 cm³/mol. The SMILES string of the molecule is CCN(CCCCl)S(=O)(=O)c1ccccc1. The van der Waals surface area contributed by atoms with Gasteiger partial charge in [0.05, 0.1) is 4.90 Å². The lowest BCUT2D eigenvalue weighted by molar-refractivity contribution is 0.428. The van der Waals surface area contributed by atoms with Gasteiger partial charge in [0.1, 0.15) is 0 Å². The Hall–Kier alpha value is -0.580. The number of nitrogens with zero attached hydrogens (tertiary/aromatic N) is 1. The zero-order chi connectivity index (χ0) is 12.0. The normalized spacial score (nSPS) is 11.9. The summed E-state index contributed by atoms with van der Waals surface area (Å²) in [5.41, 5.74) is 0. The highest BCUT2D eigenvalue weighted by atomic mass is 35.5. The molecule has 0 aromatic heterocycles. The van der Waals surface area contributed by atoms with Crippen LogP contribution in [0.1, 0.15) is 13.3 Å². The van der Waals surface area contributed by atoms with Crippen molar-refractivity contribution in [3.8, 4) is 0 Å². The minimum atomic E-state index is -3.35. The molecule has 1 rings (SSSR count). The van der Waals surface area contributed by atoms with Crippen LogP contribution in [0.5, 0.6) is 0 Å². The maximum Gasteiger partial charge on any atom is 0.243 e. The van der Waals surface area contributed by atoms with Gasteiger partial charge in [-0.25, -0.2) is 8.42 Å². The number of sulfonamides is 1. The number of alkyl halides is 1. The first kappa shape index (κ1) is 13.5. The van der Waals surface area contributed by atoms with Crippen LogP contribution in [0.25, 0.3) is 0 Å². The Labute approximate surface area is 102 Å². The summed E-state index contributed by atoms with van der Waals surface area (Å²) in [4.78, 5) is 0.339. The first-order chi connectivity index (χ1) is 7.62. The molecule has 0 aliphatic heterocycles. The average molecular weight is 262 g/mol. The van der Waals surface area contributed by atoms with E-state index in [9.17, 15) is 8.42 Å². The first-order valence-corrected chi connectivity index (χ1v) is 7.21. The van der Waals surface area contributed by atoms with E-state index in [-0.39, 0.29) is 0 Å². The van der Waals surface area contributed by atoms with Gasteiger partial charge >= 0.3 is 0 Å². The van der Waals surface area contributed by atoms with E-state index < -0.39 is 10.0 Å². The molecule has 90 valence electrons. The number of rotatable bonds is 6. The Morgan fingerprint density at radius 1 is 1.25 bits per heavy atom. The fourth-order valence-corrected chi connectivity index (χ4v) is 3.05. The van der Waals surface area contributed by atoms with Crippen LogP contribution in [-0.4, -0.2) is 31.7 Å². The molecule has 0 aliphatic rings. The maximum absolute atomic E-state index is 12.2. The van der Waals surface area contributed by atoms with Gasteiger partial charge in [0.2, 0.25) is 10.0 Å². The molecule has 1 aromatic rings. The molecular weight excluding hydrogens is 246 g/mol. The van der Waals surface area contributed by atoms with Gasteiger partial charge in [0.25, 0.3) is 0 Å². The van der Waals surface area contributed by atoms with Gasteiger partial charge in [-0.3, -0.25) is 0 Å². The zero-order valence-corrected chi connectivity index (χ0v) is 10.8. The third kappa shape index (κ3) is 3.20. The molecule has 0 spiro atoms. The van der Waals surface area contributed by atoms with E-state index in [2.05, 4.69) is 0 Å². The lowest BCUT2D eigenvalue weighted by Crippen LogP contribution is -2.32. The lowest BCUT2D eigenvalue weighted by Gasteiger charge is -2.19. The first-order valence-electron chi connectivity index (χ1n) is 5.24. The van der Waals surface area contributed by atoms with Gasteiger partial charge in [-0.1, -0.05) is 25.1 Å². The standard InChI is InChI=1S/C11H16ClNO2S/c1-2-13(10-6-9-12)16(14,15)11-7-4-3-5-8-11/h3-5,7-8H,2,6,9-10H2,1H3. The van der Waals surface area contributed by atoms with Crippen LogP contribution in [0, 0.1) is 0 Å². The molecule has 0 radical (unpaired) electrons. The van der Waals surface area contributed by atoms with E-state index >= 15 is 0 Å². The van der Waals surface area contributed by atoms with Gasteiger partial charge in [0.15, 0.2) is 0 Å². The van der Waals surface area contributed by atoms with Crippen LogP contribution < -0.4 is 0 Å². The van der Waals surface area contributed by atoms with E-state index in [1.807, 2.05) is 6.92 Å². The molecule has 0 bridgehead atoms. The monoisotopic (exact) mass is 261 g/mol. The Morgan fingerprint density at radius 2 is 1.88 bits per heavy atom. The topological polar surface area (TPSA) is 37.4 Å². The fourth-order valence-electron chi connectivity index (χ4n) is 1.43. The summed E-state index contributed by atoms with van der Waals surface area (Å²) in [6.45, 7) is 2.76. The molecule has 0 atom stereocenters. The lowest BCUT2D eigenvalue weighted by atomic mass is 10.4. The van der Waals surface area contributed by atoms with Crippen molar-refractivity contribution in [2.75, 3.05) is 19.0 Å². The second-order valence-electron chi connectivity index (χ2n) is 3.35. The van der Waals surface area contributed by atoms with Crippen molar-refractivity contribution in [2.24, 2.45) is 0 Å². The summed E-state index contributed by atoms with van der Waals surface area (Å²) in [6, 6.07) is 8.47. The van der Waals surface area contributed by atoms with E-state index in [1.54, 1.807) is 30.3 Å². The average Bonchev–Trinajstić information content (AvgIpc) is 2.31. The molecule has 0 N–H and O–H groups in total. The number of benzene rings is 1. The smallest absolute Gasteiger partial charge is 0.207 e. The van der Waals surface area contributed by atoms with Crippen LogP contribution >= 0.6 is 11.6 Å². The Bertz CT molecular complexity index is 405. The van der Waals surface area contributed by atoms with E-state index in [0.717, 1.165) is 0 Å². The van der Waals surface area contributed by atoms with Crippen LogP contribution in [0.15, 0.2) is 35.2 Å². The van der Waals surface area contributed by atoms with Crippen molar-refractivity contribution in [3.05, 3.63) is 30.3 Å². The van der Waals surface area contributed by atoms with Crippen molar-refractivity contribution in [1.29, 1.82) is 0 Å². The molecule has 0 aliphatic carbocycles. The molecule has 5 heteroatoms. The van der Waals surface area contributed by atoms with E-state index in [4.69, 9.17) is 11.6 Å². The molecular formula is C11H16ClNO2S. The molecule has 0 saturated carbocycles. The molecule has 0 amide bonds. The van der Waals surface area contributed by atoms with Crippen molar-refractivity contribution in [2.45, 2.75) is 18.2 Å². The van der Waals surface area contributed by atoms with Crippen LogP contribution in [-0.2, 0) is 10.0 Å². The minimum Gasteiger partial charge on any atom is -0.207 e. The van der Waals surface area contributed by atoms with Gasteiger partial charge in [-0.05, 0) is 18.6 Å². The Morgan fingerprint density at radius 3 is 2.38 bits per heavy atom. The van der Waals surface area contributed by atoms with Gasteiger partial charge < -0.3 is 0 Å². The molecule has 3 nitrogen and oxygen atoms in total. The summed E-state index contributed by atoms with van der Waals surface area (Å²) in [6.07, 6.45) is 0.668. The predicted octanol–water partition coefficient (Wildman–Crippen LogP) is 2.33. The number of hydrogen-bond donors (Lipinski definition) is 0. The summed E-state index contributed by atoms with van der Waals surface area (Å²) >= 11 is 5.58. The number of halogens is 1. The van der Waals surface area contributed by atoms with Crippen LogP contribution in [0.2, 0.25) is 0 Å². The summed E-state index contributed by atoms with van der Waals surface area (Å²) in [7, 11) is -3.35. The van der Waals surface area contributed by atoms with E-state index in [1.165, 1.54) is 4.31 Å². The Balaban J connectivity index is 2.91. The third-order valence-corrected chi connectivity index (χ3v) is 4.53. The molecule has 0 unspecified atom stereocenters. The zero-order valence-electron chi connectivity index (χ0n) is 9.27. The van der Waals surface area contributed by atoms with E-state index in [0.29, 0.717) is 30.3 Å². The molecule has 0 saturated heterocycles. The molecule has 0 heterocycles. The largest absolute Gasteiger partial charge is 0.243 e. The fraction of sp³-hybridized carbons (Fsp3) is 0.455. The second kappa shape index (κ2) is 6.23. The van der Waals surface area contributed by atoms with Crippen LogP contribution in [0.4, 0.5) is 0 Å². The highest BCUT2D eigenvalue weighted by molar-refractivity contribution is 7.89. The van der Waals surface area contributed by atoms with Gasteiger partial charge in [-0.2, -0.15) is 4.31 Å². The van der Waals surface area contributed by atoms with Crippen molar-refractivity contribution < 1.29 is 8.42 Å². The summed E-state index contributed by atoms with van der Waals surface area (Å²) in [5, 5.41) is 0. The quantitative estimate of drug-likeness (QED) is 0.737. The van der Waals surface area contributed by atoms with Gasteiger partial charge in [-0.15, -0.1) is 11.6 Å². The highest BCUT2D eigenvalue weighted by Gasteiger charge is 2.21. The maximum atomic E-state index is 12.2. The van der Waals surface area contributed by atoms with Crippen molar-refractivity contribution in [3.63, 3.8) is 0 Å². The summed E-state index contributed by atoms with van der Waals surface area (Å²) < 4.78 is 25.8. The highest BCUT2D eigenvalue weighted by Crippen LogP contribution is 2.15. The van der Waals surface area contributed by atoms with Crippen molar-refractivity contribution in [1.82, 2.24) is 4.31 Å². The molecule has 16 heavy (non-hydrogen) atoms. The van der Waals surface area contributed by atoms with Crippen molar-refractivity contribution >= 4 is 21.6 Å². The minimum absolute atomic E-state index is 0.339. The third-order valence-electron chi connectivity index (χ3n) is 2.27. The second-order valence-corrected chi connectivity index (χ2v) is 5.67.